The molecule has 7 nitrogen and oxygen atoms in total. The Morgan fingerprint density at radius 2 is 1.84 bits per heavy atom. The summed E-state index contributed by atoms with van der Waals surface area (Å²) in [6.07, 6.45) is -0.0951. The Morgan fingerprint density at radius 1 is 1.09 bits per heavy atom. The molecule has 4 rings (SSSR count). The monoisotopic (exact) mass is 434 g/mol. The molecule has 2 heterocycles. The second-order valence-electron chi connectivity index (χ2n) is 8.09. The summed E-state index contributed by atoms with van der Waals surface area (Å²) in [4.78, 5) is 21.5. The van der Waals surface area contributed by atoms with Crippen LogP contribution in [0.15, 0.2) is 59.8 Å². The van der Waals surface area contributed by atoms with Gasteiger partial charge in [-0.05, 0) is 47.4 Å². The molecule has 3 aromatic rings. The van der Waals surface area contributed by atoms with E-state index in [1.165, 1.54) is 7.11 Å². The highest BCUT2D eigenvalue weighted by Gasteiger charge is 2.36. The van der Waals surface area contributed by atoms with Crippen molar-refractivity contribution in [2.24, 2.45) is 17.0 Å². The first kappa shape index (κ1) is 21.8. The van der Waals surface area contributed by atoms with E-state index >= 15 is 0 Å². The maximum Gasteiger partial charge on any atom is 0.356 e. The van der Waals surface area contributed by atoms with Crippen molar-refractivity contribution in [3.05, 3.63) is 60.3 Å². The van der Waals surface area contributed by atoms with Crippen LogP contribution in [0, 0.1) is 11.8 Å². The third-order valence-corrected chi connectivity index (χ3v) is 5.64. The van der Waals surface area contributed by atoms with Crippen molar-refractivity contribution in [2.45, 2.75) is 20.0 Å². The van der Waals surface area contributed by atoms with Gasteiger partial charge in [0.15, 0.2) is 0 Å². The molecular weight excluding hydrogens is 408 g/mol. The van der Waals surface area contributed by atoms with Crippen molar-refractivity contribution < 1.29 is 24.2 Å². The van der Waals surface area contributed by atoms with Crippen LogP contribution in [0.25, 0.3) is 22.0 Å². The maximum atomic E-state index is 11.7. The molecule has 0 fully saturated rings. The average Bonchev–Trinajstić information content (AvgIpc) is 3.25. The Morgan fingerprint density at radius 3 is 2.53 bits per heavy atom. The highest BCUT2D eigenvalue weighted by Crippen LogP contribution is 2.28. The zero-order valence-electron chi connectivity index (χ0n) is 18.3. The van der Waals surface area contributed by atoms with E-state index in [1.54, 1.807) is 6.07 Å². The van der Waals surface area contributed by atoms with Crippen molar-refractivity contribution >= 4 is 22.6 Å². The van der Waals surface area contributed by atoms with Gasteiger partial charge in [-0.15, -0.1) is 0 Å². The summed E-state index contributed by atoms with van der Waals surface area (Å²) >= 11 is 0. The topological polar surface area (TPSA) is 90.2 Å². The van der Waals surface area contributed by atoms with Gasteiger partial charge in [-0.2, -0.15) is 0 Å². The van der Waals surface area contributed by atoms with Gasteiger partial charge in [-0.1, -0.05) is 43.3 Å². The molecule has 2 unspecified atom stereocenters. The van der Waals surface area contributed by atoms with Crippen LogP contribution in [0.4, 0.5) is 0 Å². The zero-order chi connectivity index (χ0) is 22.7. The van der Waals surface area contributed by atoms with Crippen molar-refractivity contribution in [1.82, 2.24) is 4.98 Å². The number of aliphatic hydroxyl groups is 1. The number of pyridine rings is 1. The van der Waals surface area contributed by atoms with Crippen LogP contribution in [0.5, 0.6) is 5.75 Å². The average molecular weight is 434 g/mol. The summed E-state index contributed by atoms with van der Waals surface area (Å²) < 4.78 is 10.7. The fourth-order valence-electron chi connectivity index (χ4n) is 3.84. The number of hydrogen-bond donors (Lipinski definition) is 1. The van der Waals surface area contributed by atoms with Crippen LogP contribution in [-0.2, 0) is 9.57 Å². The fraction of sp³-hybridized carbons (Fsp3) is 0.320. The summed E-state index contributed by atoms with van der Waals surface area (Å²) in [5, 5.41) is 14.5. The summed E-state index contributed by atoms with van der Waals surface area (Å²) in [7, 11) is 1.34. The number of hydrogen-bond acceptors (Lipinski definition) is 7. The molecule has 0 aliphatic carbocycles. The van der Waals surface area contributed by atoms with Crippen LogP contribution in [-0.4, -0.2) is 48.2 Å². The highest BCUT2D eigenvalue weighted by molar-refractivity contribution is 5.92. The summed E-state index contributed by atoms with van der Waals surface area (Å²) in [6.45, 7) is 4.40. The van der Waals surface area contributed by atoms with E-state index in [0.717, 1.165) is 27.8 Å². The van der Waals surface area contributed by atoms with Crippen molar-refractivity contribution in [1.29, 1.82) is 0 Å². The second kappa shape index (κ2) is 9.36. The number of carbonyl (C=O) groups is 1. The van der Waals surface area contributed by atoms with Crippen molar-refractivity contribution in [3.63, 3.8) is 0 Å². The van der Waals surface area contributed by atoms with E-state index in [4.69, 9.17) is 14.3 Å². The van der Waals surface area contributed by atoms with Gasteiger partial charge >= 0.3 is 5.97 Å². The second-order valence-corrected chi connectivity index (χ2v) is 8.09. The molecule has 0 radical (unpaired) electrons. The van der Waals surface area contributed by atoms with E-state index in [0.29, 0.717) is 12.3 Å². The Kier molecular flexibility index (Phi) is 6.37. The lowest BCUT2D eigenvalue weighted by molar-refractivity contribution is 0.0177. The van der Waals surface area contributed by atoms with Crippen LogP contribution in [0.1, 0.15) is 24.3 Å². The van der Waals surface area contributed by atoms with Crippen molar-refractivity contribution in [2.75, 3.05) is 20.3 Å². The van der Waals surface area contributed by atoms with E-state index in [-0.39, 0.29) is 30.2 Å². The number of benzene rings is 2. The molecular formula is C25H26N2O5. The highest BCUT2D eigenvalue weighted by atomic mass is 16.6. The summed E-state index contributed by atoms with van der Waals surface area (Å²) in [5.41, 5.74) is 3.72. The van der Waals surface area contributed by atoms with E-state index in [9.17, 15) is 9.90 Å². The number of rotatable bonds is 7. The Balaban J connectivity index is 1.47. The quantitative estimate of drug-likeness (QED) is 0.564. The molecule has 0 saturated carbocycles. The first-order valence-electron chi connectivity index (χ1n) is 10.6. The van der Waals surface area contributed by atoms with Gasteiger partial charge in [0.2, 0.25) is 0 Å². The smallest absolute Gasteiger partial charge is 0.356 e. The predicted molar refractivity (Wildman–Crippen MR) is 122 cm³/mol. The molecule has 32 heavy (non-hydrogen) atoms. The zero-order valence-corrected chi connectivity index (χ0v) is 18.3. The molecule has 1 aromatic heterocycles. The van der Waals surface area contributed by atoms with E-state index in [2.05, 4.69) is 24.0 Å². The first-order valence-corrected chi connectivity index (χ1v) is 10.6. The minimum atomic E-state index is -0.451. The van der Waals surface area contributed by atoms with Gasteiger partial charge in [0, 0.05) is 5.39 Å². The number of nitrogens with zero attached hydrogens (tertiary/aromatic N) is 2. The summed E-state index contributed by atoms with van der Waals surface area (Å²) in [5.74, 6) is 0.492. The molecule has 0 amide bonds. The Bertz CT molecular complexity index is 1140. The minimum absolute atomic E-state index is 0.0671. The molecule has 1 N–H and O–H groups in total. The fourth-order valence-corrected chi connectivity index (χ4v) is 3.84. The lowest BCUT2D eigenvalue weighted by Gasteiger charge is -2.21. The maximum absolute atomic E-state index is 11.7. The van der Waals surface area contributed by atoms with Gasteiger partial charge in [0.25, 0.3) is 0 Å². The Labute approximate surface area is 186 Å². The molecule has 0 spiro atoms. The van der Waals surface area contributed by atoms with Gasteiger partial charge < -0.3 is 19.4 Å². The number of ether oxygens (including phenoxy) is 2. The number of aromatic nitrogens is 1. The molecule has 166 valence electrons. The summed E-state index contributed by atoms with van der Waals surface area (Å²) in [6, 6.07) is 17.3. The Hall–Kier alpha value is -3.45. The van der Waals surface area contributed by atoms with Crippen LogP contribution >= 0.6 is 0 Å². The van der Waals surface area contributed by atoms with Crippen LogP contribution in [0.3, 0.4) is 0 Å². The molecule has 0 bridgehead atoms. The predicted octanol–water partition coefficient (Wildman–Crippen LogP) is 4.09. The molecule has 0 saturated heterocycles. The van der Waals surface area contributed by atoms with Gasteiger partial charge in [-0.3, -0.25) is 0 Å². The number of methoxy groups -OCH3 is 1. The van der Waals surface area contributed by atoms with Gasteiger partial charge in [0.05, 0.1) is 30.9 Å². The van der Waals surface area contributed by atoms with Gasteiger partial charge in [0.1, 0.15) is 24.2 Å². The molecule has 7 heteroatoms. The minimum Gasteiger partial charge on any atom is -0.493 e. The van der Waals surface area contributed by atoms with Crippen LogP contribution in [0.2, 0.25) is 0 Å². The number of carbonyl (C=O) groups excluding carboxylic acids is 1. The standard InChI is InChI=1S/C25H26N2O5/c1-15(2)24-20(23(13-28)27-32-24)14-31-19-8-4-16(5-9-19)17-6-10-21-18(12-17)7-11-22(26-21)25(29)30-3/h4-12,15,20,24,28H,13-14H2,1-3H3. The number of oxime groups is 1. The van der Waals surface area contributed by atoms with Crippen LogP contribution < -0.4 is 4.74 Å². The van der Waals surface area contributed by atoms with Gasteiger partial charge in [-0.25, -0.2) is 9.78 Å². The number of esters is 1. The van der Waals surface area contributed by atoms with Crippen molar-refractivity contribution in [3.8, 4) is 16.9 Å². The molecule has 1 aliphatic rings. The van der Waals surface area contributed by atoms with E-state index < -0.39 is 5.97 Å². The molecule has 1 aliphatic heterocycles. The normalized spacial score (nSPS) is 17.8. The number of fused-ring (bicyclic) bond motifs is 1. The SMILES string of the molecule is COC(=O)c1ccc2cc(-c3ccc(OCC4C(CO)=NOC4C(C)C)cc3)ccc2n1. The number of aliphatic hydroxyl groups excluding tert-OH is 1. The molecule has 2 atom stereocenters. The molecule has 2 aromatic carbocycles. The third kappa shape index (κ3) is 4.43. The first-order chi connectivity index (χ1) is 15.5. The lowest BCUT2D eigenvalue weighted by Crippen LogP contribution is -2.34. The largest absolute Gasteiger partial charge is 0.493 e. The van der Waals surface area contributed by atoms with E-state index in [1.807, 2.05) is 48.5 Å². The third-order valence-electron chi connectivity index (χ3n) is 5.64. The lowest BCUT2D eigenvalue weighted by atomic mass is 9.91.